The summed E-state index contributed by atoms with van der Waals surface area (Å²) in [6.07, 6.45) is 3.27. The van der Waals surface area contributed by atoms with Gasteiger partial charge in [0.15, 0.2) is 0 Å². The molecule has 1 rings (SSSR count). The zero-order chi connectivity index (χ0) is 12.9. The van der Waals surface area contributed by atoms with Gasteiger partial charge in [-0.1, -0.05) is 6.92 Å². The van der Waals surface area contributed by atoms with E-state index < -0.39 is 0 Å². The Kier molecular flexibility index (Phi) is 5.40. The molecule has 102 valence electrons. The van der Waals surface area contributed by atoms with Crippen molar-refractivity contribution in [3.63, 3.8) is 0 Å². The Bertz CT molecular complexity index is 259. The van der Waals surface area contributed by atoms with E-state index in [4.69, 9.17) is 4.74 Å². The molecule has 0 aliphatic carbocycles. The first-order chi connectivity index (χ1) is 8.03. The van der Waals surface area contributed by atoms with Gasteiger partial charge in [-0.25, -0.2) is 0 Å². The third kappa shape index (κ3) is 3.68. The third-order valence-corrected chi connectivity index (χ3v) is 3.67. The van der Waals surface area contributed by atoms with Gasteiger partial charge in [0.1, 0.15) is 0 Å². The summed E-state index contributed by atoms with van der Waals surface area (Å²) in [7, 11) is 1.65. The molecule has 0 aromatic rings. The van der Waals surface area contributed by atoms with Crippen molar-refractivity contribution in [3.8, 4) is 0 Å². The van der Waals surface area contributed by atoms with Gasteiger partial charge in [-0.15, -0.1) is 0 Å². The lowest BCUT2D eigenvalue weighted by Gasteiger charge is -2.46. The number of rotatable bonds is 5. The molecule has 0 bridgehead atoms. The van der Waals surface area contributed by atoms with Gasteiger partial charge in [0, 0.05) is 20.6 Å². The molecular formula is C13H28N2O2. The third-order valence-electron chi connectivity index (χ3n) is 3.67. The Morgan fingerprint density at radius 2 is 2.29 bits per heavy atom. The molecule has 1 fully saturated rings. The lowest BCUT2D eigenvalue weighted by Crippen LogP contribution is -2.58. The molecule has 1 aliphatic heterocycles. The summed E-state index contributed by atoms with van der Waals surface area (Å²) < 4.78 is 4.95. The van der Waals surface area contributed by atoms with Crippen molar-refractivity contribution >= 4 is 5.91 Å². The van der Waals surface area contributed by atoms with Gasteiger partial charge in [-0.05, 0) is 39.7 Å². The Hall–Kier alpha value is -0.610. The summed E-state index contributed by atoms with van der Waals surface area (Å²) in [4.78, 5) is 14.4. The number of amides is 1. The molecular weight excluding hydrogens is 216 g/mol. The molecule has 1 amide bonds. The molecule has 0 spiro atoms. The molecule has 17 heavy (non-hydrogen) atoms. The number of hydrogen-bond donors (Lipinski definition) is 1. The summed E-state index contributed by atoms with van der Waals surface area (Å²) in [5.74, 6) is 0.150. The molecule has 0 saturated carbocycles. The first-order valence-corrected chi connectivity index (χ1v) is 6.56. The van der Waals surface area contributed by atoms with Crippen LogP contribution in [0.15, 0.2) is 0 Å². The van der Waals surface area contributed by atoms with Crippen LogP contribution >= 0.6 is 0 Å². The van der Waals surface area contributed by atoms with Crippen molar-refractivity contribution in [1.82, 2.24) is 10.2 Å². The van der Waals surface area contributed by atoms with Crippen molar-refractivity contribution < 1.29 is 11.0 Å². The van der Waals surface area contributed by atoms with Crippen LogP contribution in [-0.4, -0.2) is 49.2 Å². The van der Waals surface area contributed by atoms with Crippen LogP contribution in [-0.2, 0) is 9.53 Å². The molecule has 4 nitrogen and oxygen atoms in total. The standard InChI is InChI=1S/C13H26N2O2.H2/c1-5-15-11(7-6-8-13(15,2)3)12(16)14-9-10-17-4;/h11H,5-10H2,1-4H3,(H,14,16);1H. The van der Waals surface area contributed by atoms with E-state index in [-0.39, 0.29) is 18.9 Å². The summed E-state index contributed by atoms with van der Waals surface area (Å²) in [5.41, 5.74) is 0.135. The highest BCUT2D eigenvalue weighted by Crippen LogP contribution is 2.31. The molecule has 1 heterocycles. The first kappa shape index (κ1) is 14.5. The molecule has 0 radical (unpaired) electrons. The number of carbonyl (C=O) groups is 1. The largest absolute Gasteiger partial charge is 0.383 e. The van der Waals surface area contributed by atoms with Gasteiger partial charge >= 0.3 is 0 Å². The van der Waals surface area contributed by atoms with Gasteiger partial charge in [0.25, 0.3) is 0 Å². The minimum absolute atomic E-state index is 0. The Balaban J connectivity index is 0.00000289. The number of likely N-dealkylation sites (N-methyl/N-ethyl adjacent to an activating group) is 1. The fourth-order valence-electron chi connectivity index (χ4n) is 2.76. The Morgan fingerprint density at radius 3 is 2.88 bits per heavy atom. The number of methoxy groups -OCH3 is 1. The minimum atomic E-state index is 0. The number of nitrogens with one attached hydrogen (secondary N) is 1. The lowest BCUT2D eigenvalue weighted by molar-refractivity contribution is -0.131. The molecule has 1 N–H and O–H groups in total. The van der Waals surface area contributed by atoms with Gasteiger partial charge in [0.2, 0.25) is 5.91 Å². The van der Waals surface area contributed by atoms with Gasteiger partial charge in [-0.2, -0.15) is 0 Å². The highest BCUT2D eigenvalue weighted by molar-refractivity contribution is 5.81. The van der Waals surface area contributed by atoms with Crippen LogP contribution in [0.3, 0.4) is 0 Å². The van der Waals surface area contributed by atoms with E-state index in [1.54, 1.807) is 7.11 Å². The maximum atomic E-state index is 12.1. The average Bonchev–Trinajstić information content (AvgIpc) is 2.27. The van der Waals surface area contributed by atoms with Crippen LogP contribution in [0.25, 0.3) is 0 Å². The smallest absolute Gasteiger partial charge is 0.237 e. The van der Waals surface area contributed by atoms with E-state index in [0.717, 1.165) is 19.4 Å². The molecule has 1 atom stereocenters. The normalized spacial score (nSPS) is 24.6. The van der Waals surface area contributed by atoms with Crippen molar-refractivity contribution in [2.75, 3.05) is 26.8 Å². The fourth-order valence-corrected chi connectivity index (χ4v) is 2.76. The maximum Gasteiger partial charge on any atom is 0.237 e. The van der Waals surface area contributed by atoms with Crippen molar-refractivity contribution in [2.24, 2.45) is 0 Å². The number of nitrogens with zero attached hydrogens (tertiary/aromatic N) is 1. The van der Waals surface area contributed by atoms with Crippen LogP contribution < -0.4 is 5.32 Å². The van der Waals surface area contributed by atoms with E-state index in [2.05, 4.69) is 31.0 Å². The zero-order valence-electron chi connectivity index (χ0n) is 11.6. The van der Waals surface area contributed by atoms with Crippen LogP contribution in [0.2, 0.25) is 0 Å². The molecule has 0 aromatic carbocycles. The van der Waals surface area contributed by atoms with E-state index in [9.17, 15) is 4.79 Å². The summed E-state index contributed by atoms with van der Waals surface area (Å²) in [5, 5.41) is 2.95. The van der Waals surface area contributed by atoms with Gasteiger partial charge in [0.05, 0.1) is 12.6 Å². The Labute approximate surface area is 106 Å². The molecule has 1 unspecified atom stereocenters. The van der Waals surface area contributed by atoms with E-state index in [1.165, 1.54) is 6.42 Å². The van der Waals surface area contributed by atoms with Crippen LogP contribution in [0.1, 0.15) is 41.5 Å². The number of piperidine rings is 1. The topological polar surface area (TPSA) is 41.6 Å². The van der Waals surface area contributed by atoms with Crippen LogP contribution in [0, 0.1) is 0 Å². The maximum absolute atomic E-state index is 12.1. The highest BCUT2D eigenvalue weighted by atomic mass is 16.5. The molecule has 0 aromatic heterocycles. The Morgan fingerprint density at radius 1 is 1.59 bits per heavy atom. The predicted octanol–water partition coefficient (Wildman–Crippen LogP) is 1.65. The quantitative estimate of drug-likeness (QED) is 0.748. The highest BCUT2D eigenvalue weighted by Gasteiger charge is 2.38. The van der Waals surface area contributed by atoms with Gasteiger partial charge < -0.3 is 10.1 Å². The number of carbonyl (C=O) groups excluding carboxylic acids is 1. The summed E-state index contributed by atoms with van der Waals surface area (Å²) in [6.45, 7) is 8.69. The van der Waals surface area contributed by atoms with Crippen molar-refractivity contribution in [3.05, 3.63) is 0 Å². The van der Waals surface area contributed by atoms with Crippen molar-refractivity contribution in [1.29, 1.82) is 0 Å². The summed E-state index contributed by atoms with van der Waals surface area (Å²) in [6, 6.07) is 0.0283. The fraction of sp³-hybridized carbons (Fsp3) is 0.923. The van der Waals surface area contributed by atoms with Crippen LogP contribution in [0.5, 0.6) is 0 Å². The second-order valence-electron chi connectivity index (χ2n) is 5.29. The average molecular weight is 244 g/mol. The van der Waals surface area contributed by atoms with Crippen molar-refractivity contribution in [2.45, 2.75) is 51.6 Å². The van der Waals surface area contributed by atoms with Crippen LogP contribution in [0.4, 0.5) is 0 Å². The summed E-state index contributed by atoms with van der Waals surface area (Å²) >= 11 is 0. The first-order valence-electron chi connectivity index (χ1n) is 6.56. The number of likely N-dealkylation sites (tertiary alicyclic amines) is 1. The second-order valence-corrected chi connectivity index (χ2v) is 5.29. The molecule has 1 saturated heterocycles. The van der Waals surface area contributed by atoms with E-state index in [1.807, 2.05) is 0 Å². The lowest BCUT2D eigenvalue weighted by atomic mass is 9.86. The van der Waals surface area contributed by atoms with Gasteiger partial charge in [-0.3, -0.25) is 9.69 Å². The molecule has 1 aliphatic rings. The minimum Gasteiger partial charge on any atom is -0.383 e. The molecule has 4 heteroatoms. The number of ether oxygens (including phenoxy) is 1. The SMILES string of the molecule is CCN1C(C(=O)NCCOC)CCCC1(C)C.[HH]. The number of hydrogen-bond acceptors (Lipinski definition) is 3. The zero-order valence-corrected chi connectivity index (χ0v) is 11.6. The van der Waals surface area contributed by atoms with E-state index in [0.29, 0.717) is 13.2 Å². The predicted molar refractivity (Wildman–Crippen MR) is 71.1 cm³/mol. The monoisotopic (exact) mass is 244 g/mol. The van der Waals surface area contributed by atoms with E-state index >= 15 is 0 Å². The second kappa shape index (κ2) is 6.36.